The molecule has 4 heteroatoms. The summed E-state index contributed by atoms with van der Waals surface area (Å²) < 4.78 is 0. The summed E-state index contributed by atoms with van der Waals surface area (Å²) >= 11 is 1.65. The largest absolute Gasteiger partial charge is 0.344 e. The number of nitrogens with one attached hydrogen (secondary N) is 1. The maximum atomic E-state index is 12.2. The zero-order chi connectivity index (χ0) is 15.3. The van der Waals surface area contributed by atoms with Gasteiger partial charge in [-0.3, -0.25) is 4.79 Å². The SMILES string of the molecule is CC(C)(N)CCC(=O)NC(c1ccccc1)c1cccs1. The van der Waals surface area contributed by atoms with Gasteiger partial charge < -0.3 is 11.1 Å². The van der Waals surface area contributed by atoms with Gasteiger partial charge in [0.2, 0.25) is 5.91 Å². The van der Waals surface area contributed by atoms with E-state index in [2.05, 4.69) is 11.4 Å². The molecule has 1 amide bonds. The van der Waals surface area contributed by atoms with Crippen molar-refractivity contribution >= 4 is 17.2 Å². The van der Waals surface area contributed by atoms with Gasteiger partial charge in [0.05, 0.1) is 6.04 Å². The average Bonchev–Trinajstić information content (AvgIpc) is 2.96. The summed E-state index contributed by atoms with van der Waals surface area (Å²) in [5, 5.41) is 5.15. The summed E-state index contributed by atoms with van der Waals surface area (Å²) in [5.41, 5.74) is 6.72. The fourth-order valence-electron chi connectivity index (χ4n) is 2.09. The minimum Gasteiger partial charge on any atom is -0.344 e. The fourth-order valence-corrected chi connectivity index (χ4v) is 2.89. The second-order valence-electron chi connectivity index (χ2n) is 5.92. The molecule has 0 saturated carbocycles. The monoisotopic (exact) mass is 302 g/mol. The quantitative estimate of drug-likeness (QED) is 0.858. The maximum Gasteiger partial charge on any atom is 0.220 e. The lowest BCUT2D eigenvalue weighted by atomic mass is 9.99. The molecule has 0 saturated heterocycles. The smallest absolute Gasteiger partial charge is 0.220 e. The standard InChI is InChI=1S/C17H22N2OS/c1-17(2,18)11-10-15(20)19-16(14-9-6-12-21-14)13-7-4-3-5-8-13/h3-9,12,16H,10-11,18H2,1-2H3,(H,19,20). The van der Waals surface area contributed by atoms with Gasteiger partial charge in [0, 0.05) is 16.8 Å². The van der Waals surface area contributed by atoms with Crippen LogP contribution < -0.4 is 11.1 Å². The van der Waals surface area contributed by atoms with Crippen LogP contribution in [0.15, 0.2) is 47.8 Å². The molecule has 112 valence electrons. The van der Waals surface area contributed by atoms with Crippen molar-refractivity contribution in [3.8, 4) is 0 Å². The normalized spacial score (nSPS) is 12.9. The zero-order valence-corrected chi connectivity index (χ0v) is 13.3. The molecule has 0 aliphatic rings. The van der Waals surface area contributed by atoms with E-state index in [0.29, 0.717) is 12.8 Å². The molecule has 1 aromatic heterocycles. The average molecular weight is 302 g/mol. The molecule has 0 aliphatic heterocycles. The number of amides is 1. The highest BCUT2D eigenvalue weighted by Gasteiger charge is 2.19. The van der Waals surface area contributed by atoms with Crippen molar-refractivity contribution in [1.29, 1.82) is 0 Å². The van der Waals surface area contributed by atoms with E-state index >= 15 is 0 Å². The molecule has 0 fully saturated rings. The summed E-state index contributed by atoms with van der Waals surface area (Å²) in [4.78, 5) is 13.3. The first kappa shape index (κ1) is 15.7. The van der Waals surface area contributed by atoms with Crippen LogP contribution in [-0.4, -0.2) is 11.4 Å². The van der Waals surface area contributed by atoms with Gasteiger partial charge in [-0.25, -0.2) is 0 Å². The van der Waals surface area contributed by atoms with Crippen LogP contribution in [0.1, 0.15) is 43.2 Å². The third kappa shape index (κ3) is 4.99. The van der Waals surface area contributed by atoms with Crippen LogP contribution in [0.3, 0.4) is 0 Å². The Bertz CT molecular complexity index is 558. The Hall–Kier alpha value is -1.65. The van der Waals surface area contributed by atoms with Crippen LogP contribution in [0.25, 0.3) is 0 Å². The number of carbonyl (C=O) groups is 1. The molecule has 0 aliphatic carbocycles. The molecule has 1 aromatic carbocycles. The van der Waals surface area contributed by atoms with Crippen molar-refractivity contribution < 1.29 is 4.79 Å². The van der Waals surface area contributed by atoms with Crippen LogP contribution in [0.4, 0.5) is 0 Å². The Morgan fingerprint density at radius 2 is 1.95 bits per heavy atom. The first-order chi connectivity index (χ1) is 9.96. The van der Waals surface area contributed by atoms with Crippen LogP contribution in [0.5, 0.6) is 0 Å². The number of nitrogens with two attached hydrogens (primary N) is 1. The molecule has 0 bridgehead atoms. The van der Waals surface area contributed by atoms with Crippen molar-refractivity contribution in [2.45, 2.75) is 38.3 Å². The number of hydrogen-bond donors (Lipinski definition) is 2. The van der Waals surface area contributed by atoms with E-state index < -0.39 is 0 Å². The van der Waals surface area contributed by atoms with Gasteiger partial charge in [-0.1, -0.05) is 36.4 Å². The van der Waals surface area contributed by atoms with Crippen molar-refractivity contribution in [3.05, 3.63) is 58.3 Å². The number of benzene rings is 1. The van der Waals surface area contributed by atoms with Crippen molar-refractivity contribution in [2.75, 3.05) is 0 Å². The number of carbonyl (C=O) groups excluding carboxylic acids is 1. The van der Waals surface area contributed by atoms with Gasteiger partial charge >= 0.3 is 0 Å². The highest BCUT2D eigenvalue weighted by atomic mass is 32.1. The molecule has 3 nitrogen and oxygen atoms in total. The van der Waals surface area contributed by atoms with Gasteiger partial charge in [-0.2, -0.15) is 0 Å². The molecule has 21 heavy (non-hydrogen) atoms. The van der Waals surface area contributed by atoms with Crippen LogP contribution in [-0.2, 0) is 4.79 Å². The number of thiophene rings is 1. The minimum atomic E-state index is -0.317. The van der Waals surface area contributed by atoms with Gasteiger partial charge in [0.25, 0.3) is 0 Å². The summed E-state index contributed by atoms with van der Waals surface area (Å²) in [6.45, 7) is 3.88. The second-order valence-corrected chi connectivity index (χ2v) is 6.89. The second kappa shape index (κ2) is 6.87. The third-order valence-electron chi connectivity index (χ3n) is 3.26. The molecule has 0 spiro atoms. The Balaban J connectivity index is 2.09. The number of rotatable bonds is 6. The molecule has 2 rings (SSSR count). The maximum absolute atomic E-state index is 12.2. The Labute approximate surface area is 130 Å². The Kier molecular flexibility index (Phi) is 5.15. The van der Waals surface area contributed by atoms with Gasteiger partial charge in [0.15, 0.2) is 0 Å². The molecular weight excluding hydrogens is 280 g/mol. The van der Waals surface area contributed by atoms with E-state index in [1.54, 1.807) is 11.3 Å². The zero-order valence-electron chi connectivity index (χ0n) is 12.5. The lowest BCUT2D eigenvalue weighted by Crippen LogP contribution is -2.35. The van der Waals surface area contributed by atoms with E-state index in [0.717, 1.165) is 10.4 Å². The van der Waals surface area contributed by atoms with Gasteiger partial charge in [-0.05, 0) is 37.3 Å². The van der Waals surface area contributed by atoms with Crippen molar-refractivity contribution in [3.63, 3.8) is 0 Å². The van der Waals surface area contributed by atoms with E-state index in [9.17, 15) is 4.79 Å². The summed E-state index contributed by atoms with van der Waals surface area (Å²) in [7, 11) is 0. The topological polar surface area (TPSA) is 55.1 Å². The first-order valence-electron chi connectivity index (χ1n) is 7.12. The predicted molar refractivity (Wildman–Crippen MR) is 88.2 cm³/mol. The molecule has 1 heterocycles. The highest BCUT2D eigenvalue weighted by molar-refractivity contribution is 7.10. The molecule has 0 radical (unpaired) electrons. The lowest BCUT2D eigenvalue weighted by Gasteiger charge is -2.21. The van der Waals surface area contributed by atoms with Crippen molar-refractivity contribution in [2.24, 2.45) is 5.73 Å². The van der Waals surface area contributed by atoms with E-state index in [1.807, 2.05) is 55.6 Å². The fraction of sp³-hybridized carbons (Fsp3) is 0.353. The molecule has 3 N–H and O–H groups in total. The predicted octanol–water partition coefficient (Wildman–Crippen LogP) is 3.47. The number of hydrogen-bond acceptors (Lipinski definition) is 3. The summed E-state index contributed by atoms with van der Waals surface area (Å²) in [5.74, 6) is 0.0378. The molecule has 1 atom stereocenters. The lowest BCUT2D eigenvalue weighted by molar-refractivity contribution is -0.121. The van der Waals surface area contributed by atoms with E-state index in [4.69, 9.17) is 5.73 Å². The minimum absolute atomic E-state index is 0.0378. The van der Waals surface area contributed by atoms with E-state index in [-0.39, 0.29) is 17.5 Å². The molecule has 1 unspecified atom stereocenters. The van der Waals surface area contributed by atoms with Crippen molar-refractivity contribution in [1.82, 2.24) is 5.32 Å². The highest BCUT2D eigenvalue weighted by Crippen LogP contribution is 2.26. The van der Waals surface area contributed by atoms with Crippen LogP contribution in [0, 0.1) is 0 Å². The molecule has 2 aromatic rings. The molecular formula is C17H22N2OS. The van der Waals surface area contributed by atoms with E-state index in [1.165, 1.54) is 0 Å². The summed E-state index contributed by atoms with van der Waals surface area (Å²) in [6, 6.07) is 14.0. The first-order valence-corrected chi connectivity index (χ1v) is 8.00. The third-order valence-corrected chi connectivity index (χ3v) is 4.20. The van der Waals surface area contributed by atoms with Gasteiger partial charge in [0.1, 0.15) is 0 Å². The summed E-state index contributed by atoms with van der Waals surface area (Å²) in [6.07, 6.45) is 1.11. The Morgan fingerprint density at radius 1 is 1.24 bits per heavy atom. The van der Waals surface area contributed by atoms with Gasteiger partial charge in [-0.15, -0.1) is 11.3 Å². The Morgan fingerprint density at radius 3 is 2.52 bits per heavy atom. The van der Waals surface area contributed by atoms with Crippen LogP contribution >= 0.6 is 11.3 Å². The van der Waals surface area contributed by atoms with Crippen LogP contribution in [0.2, 0.25) is 0 Å².